The van der Waals surface area contributed by atoms with Crippen LogP contribution in [0.2, 0.25) is 0 Å². The second kappa shape index (κ2) is 12.3. The highest BCUT2D eigenvalue weighted by molar-refractivity contribution is 5.99. The van der Waals surface area contributed by atoms with E-state index in [1.807, 2.05) is 36.7 Å². The average Bonchev–Trinajstić information content (AvgIpc) is 3.94. The Kier molecular flexibility index (Phi) is 8.25. The van der Waals surface area contributed by atoms with Gasteiger partial charge in [-0.2, -0.15) is 9.59 Å². The van der Waals surface area contributed by atoms with Crippen LogP contribution in [0.1, 0.15) is 68.1 Å². The maximum Gasteiger partial charge on any atom is 0.373 e. The lowest BCUT2D eigenvalue weighted by atomic mass is 9.69. The summed E-state index contributed by atoms with van der Waals surface area (Å²) in [6, 6.07) is 18.9. The highest BCUT2D eigenvalue weighted by atomic mass is 16.2. The van der Waals surface area contributed by atoms with Gasteiger partial charge in [0.25, 0.3) is 0 Å². The van der Waals surface area contributed by atoms with Crippen LogP contribution < -0.4 is 5.73 Å². The van der Waals surface area contributed by atoms with Gasteiger partial charge in [-0.1, -0.05) is 30.3 Å². The number of nitrogens with one attached hydrogen (secondary N) is 2. The minimum Gasteiger partial charge on any atom is -0.361 e. The number of benzene rings is 2. The number of carbonyl (C=O) groups is 1. The van der Waals surface area contributed by atoms with Crippen molar-refractivity contribution in [3.63, 3.8) is 0 Å². The van der Waals surface area contributed by atoms with E-state index in [0.717, 1.165) is 29.3 Å². The molecular formula is C37H45N5O3. The van der Waals surface area contributed by atoms with E-state index >= 15 is 0 Å². The van der Waals surface area contributed by atoms with E-state index < -0.39 is 0 Å². The van der Waals surface area contributed by atoms with Gasteiger partial charge in [0.15, 0.2) is 5.78 Å². The second-order valence-electron chi connectivity index (χ2n) is 14.0. The molecule has 8 fully saturated rings. The van der Waals surface area contributed by atoms with Crippen LogP contribution in [0.25, 0.3) is 21.8 Å². The maximum atomic E-state index is 12.8. The first-order chi connectivity index (χ1) is 22.0. The van der Waals surface area contributed by atoms with Crippen LogP contribution in [0.4, 0.5) is 0 Å². The van der Waals surface area contributed by atoms with Gasteiger partial charge in [-0.3, -0.25) is 14.6 Å². The first kappa shape index (κ1) is 30.1. The zero-order valence-corrected chi connectivity index (χ0v) is 26.0. The number of aromatic nitrogens is 2. The molecule has 8 nitrogen and oxygen atoms in total. The summed E-state index contributed by atoms with van der Waals surface area (Å²) < 4.78 is 0. The van der Waals surface area contributed by atoms with E-state index in [1.165, 1.54) is 93.8 Å². The molecule has 0 unspecified atom stereocenters. The average molecular weight is 608 g/mol. The molecule has 2 saturated carbocycles. The van der Waals surface area contributed by atoms with Crippen LogP contribution >= 0.6 is 0 Å². The number of rotatable bonds is 3. The quantitative estimate of drug-likeness (QED) is 0.255. The molecule has 0 radical (unpaired) electrons. The molecule has 4 aromatic rings. The van der Waals surface area contributed by atoms with Gasteiger partial charge in [-0.25, -0.2) is 0 Å². The Hall–Kier alpha value is -3.55. The number of para-hydroxylation sites is 1. The van der Waals surface area contributed by atoms with Crippen molar-refractivity contribution in [1.29, 1.82) is 0 Å². The summed E-state index contributed by atoms with van der Waals surface area (Å²) in [7, 11) is 0. The maximum absolute atomic E-state index is 12.8. The highest BCUT2D eigenvalue weighted by Crippen LogP contribution is 2.58. The van der Waals surface area contributed by atoms with E-state index in [2.05, 4.69) is 50.1 Å². The second-order valence-corrected chi connectivity index (χ2v) is 14.0. The van der Waals surface area contributed by atoms with Crippen LogP contribution in [0.5, 0.6) is 0 Å². The molecule has 12 rings (SSSR count). The molecule has 4 bridgehead atoms. The molecule has 6 saturated heterocycles. The molecule has 2 aromatic carbocycles. The SMILES string of the molecule is N[C@@H]1C2CCN(CC2)C12CC2.O=C(C[C@@H]1C2CCN(CC2)C12CC2)c1ccc2cc[nH]c2c1.O=C=O.c1ccc2[nH]ccc2c1. The summed E-state index contributed by atoms with van der Waals surface area (Å²) in [5.41, 5.74) is 10.3. The molecule has 8 aliphatic rings. The van der Waals surface area contributed by atoms with Gasteiger partial charge in [0, 0.05) is 52.5 Å². The van der Waals surface area contributed by atoms with E-state index in [0.29, 0.717) is 28.8 Å². The highest BCUT2D eigenvalue weighted by Gasteiger charge is 2.60. The summed E-state index contributed by atoms with van der Waals surface area (Å²) in [5.74, 6) is 2.58. The molecule has 2 atom stereocenters. The largest absolute Gasteiger partial charge is 0.373 e. The molecule has 45 heavy (non-hydrogen) atoms. The molecule has 0 amide bonds. The number of ketones is 1. The van der Waals surface area contributed by atoms with Crippen LogP contribution in [0.15, 0.2) is 67.0 Å². The van der Waals surface area contributed by atoms with Crippen LogP contribution in [-0.2, 0) is 9.59 Å². The molecule has 2 spiro atoms. The van der Waals surface area contributed by atoms with Crippen LogP contribution in [0, 0.1) is 17.8 Å². The molecule has 4 N–H and O–H groups in total. The van der Waals surface area contributed by atoms with Gasteiger partial charge in [0.05, 0.1) is 0 Å². The van der Waals surface area contributed by atoms with Crippen molar-refractivity contribution in [2.75, 3.05) is 26.2 Å². The molecule has 2 aliphatic carbocycles. The Labute approximate surface area is 264 Å². The number of nitrogens with zero attached hydrogens (tertiary/aromatic N) is 2. The van der Waals surface area contributed by atoms with Crippen molar-refractivity contribution >= 4 is 33.7 Å². The Morgan fingerprint density at radius 3 is 1.89 bits per heavy atom. The predicted octanol–water partition coefficient (Wildman–Crippen LogP) is 5.77. The van der Waals surface area contributed by atoms with Crippen molar-refractivity contribution in [3.05, 3.63) is 72.6 Å². The van der Waals surface area contributed by atoms with Gasteiger partial charge < -0.3 is 15.7 Å². The number of piperidine rings is 6. The van der Waals surface area contributed by atoms with Gasteiger partial charge in [0.1, 0.15) is 0 Å². The Bertz CT molecular complexity index is 1630. The fourth-order valence-corrected chi connectivity index (χ4v) is 9.26. The summed E-state index contributed by atoms with van der Waals surface area (Å²) in [5, 5.41) is 2.45. The number of fused-ring (bicyclic) bond motifs is 6. The van der Waals surface area contributed by atoms with Gasteiger partial charge in [0.2, 0.25) is 0 Å². The summed E-state index contributed by atoms with van der Waals surface area (Å²) in [6.07, 6.45) is 15.6. The normalized spacial score (nSPS) is 30.3. The predicted molar refractivity (Wildman–Crippen MR) is 175 cm³/mol. The minimum absolute atomic E-state index is 0.250. The molecule has 236 valence electrons. The Morgan fingerprint density at radius 2 is 1.31 bits per heavy atom. The van der Waals surface area contributed by atoms with Crippen molar-refractivity contribution < 1.29 is 14.4 Å². The van der Waals surface area contributed by atoms with E-state index in [-0.39, 0.29) is 6.15 Å². The summed E-state index contributed by atoms with van der Waals surface area (Å²) >= 11 is 0. The number of hydrogen-bond acceptors (Lipinski definition) is 6. The third kappa shape index (κ3) is 5.70. The number of Topliss-reactive ketones (excluding diaryl/α,β-unsaturated/α-hetero) is 1. The molecule has 8 heterocycles. The first-order valence-electron chi connectivity index (χ1n) is 16.8. The fourth-order valence-electron chi connectivity index (χ4n) is 9.26. The number of hydrogen-bond donors (Lipinski definition) is 3. The van der Waals surface area contributed by atoms with Gasteiger partial charge in [-0.05, 0) is 130 Å². The third-order valence-corrected chi connectivity index (χ3v) is 12.0. The van der Waals surface area contributed by atoms with E-state index in [4.69, 9.17) is 15.3 Å². The first-order valence-corrected chi connectivity index (χ1v) is 16.8. The number of aromatic amines is 2. The summed E-state index contributed by atoms with van der Waals surface area (Å²) in [4.78, 5) is 40.8. The van der Waals surface area contributed by atoms with E-state index in [9.17, 15) is 4.79 Å². The van der Waals surface area contributed by atoms with Crippen LogP contribution in [0.3, 0.4) is 0 Å². The minimum atomic E-state index is 0.250. The zero-order valence-electron chi connectivity index (χ0n) is 26.0. The fraction of sp³-hybridized carbons (Fsp3) is 0.514. The molecule has 2 aromatic heterocycles. The van der Waals surface area contributed by atoms with Crippen molar-refractivity contribution in [3.8, 4) is 0 Å². The van der Waals surface area contributed by atoms with Gasteiger partial charge >= 0.3 is 6.15 Å². The monoisotopic (exact) mass is 607 g/mol. The third-order valence-electron chi connectivity index (χ3n) is 12.0. The lowest BCUT2D eigenvalue weighted by molar-refractivity contribution is -0.191. The summed E-state index contributed by atoms with van der Waals surface area (Å²) in [6.45, 7) is 5.20. The van der Waals surface area contributed by atoms with Crippen molar-refractivity contribution in [2.45, 2.75) is 74.9 Å². The number of H-pyrrole nitrogens is 2. The number of carbonyl (C=O) groups excluding carboxylic acids is 3. The van der Waals surface area contributed by atoms with Crippen molar-refractivity contribution in [1.82, 2.24) is 19.8 Å². The van der Waals surface area contributed by atoms with Crippen LogP contribution in [-0.4, -0.2) is 75.0 Å². The lowest BCUT2D eigenvalue weighted by Crippen LogP contribution is -2.63. The zero-order chi connectivity index (χ0) is 31.0. The smallest absolute Gasteiger partial charge is 0.361 e. The Morgan fingerprint density at radius 1 is 0.756 bits per heavy atom. The molecule has 6 aliphatic heterocycles. The van der Waals surface area contributed by atoms with Gasteiger partial charge in [-0.15, -0.1) is 0 Å². The molecule has 8 heteroatoms. The standard InChI is InChI=1S/C19H22N2O.C9H16N2.C8H7N.CO2/c22-18(15-2-1-14-3-8-20-17(14)11-15)12-16-13-4-9-21(10-5-13)19(16)6-7-19;10-8-7-1-5-11(6-2-7)9(8)3-4-9;1-2-4-8-7(3-1)5-6-9-8;2-1-3/h1-3,8,11,13,16,20H,4-7,9-10,12H2;7-8H,1-6,10H2;1-6,9H;/t16-;8-;;/m11../s1. The molecular weight excluding hydrogens is 562 g/mol. The van der Waals surface area contributed by atoms with Crippen molar-refractivity contribution in [2.24, 2.45) is 23.5 Å². The number of nitrogens with two attached hydrogens (primary N) is 1. The lowest BCUT2D eigenvalue weighted by Gasteiger charge is -2.52. The van der Waals surface area contributed by atoms with E-state index in [1.54, 1.807) is 0 Å². The topological polar surface area (TPSA) is 115 Å². The Balaban J connectivity index is 0.000000117.